The first-order chi connectivity index (χ1) is 10.8. The minimum absolute atomic E-state index is 0.00689. The van der Waals surface area contributed by atoms with Crippen LogP contribution >= 0.6 is 0 Å². The van der Waals surface area contributed by atoms with Crippen molar-refractivity contribution in [1.82, 2.24) is 10.2 Å². The summed E-state index contributed by atoms with van der Waals surface area (Å²) in [5.41, 5.74) is 0.757. The van der Waals surface area contributed by atoms with Gasteiger partial charge in [0.2, 0.25) is 5.91 Å². The van der Waals surface area contributed by atoms with Gasteiger partial charge in [-0.05, 0) is 59.3 Å². The van der Waals surface area contributed by atoms with E-state index in [0.29, 0.717) is 11.3 Å². The molecule has 23 heavy (non-hydrogen) atoms. The predicted octanol–water partition coefficient (Wildman–Crippen LogP) is 2.50. The van der Waals surface area contributed by atoms with Gasteiger partial charge in [0.15, 0.2) is 0 Å². The molecule has 2 rings (SSSR count). The van der Waals surface area contributed by atoms with Gasteiger partial charge in [0.25, 0.3) is 5.91 Å². The van der Waals surface area contributed by atoms with E-state index in [1.807, 2.05) is 40.0 Å². The number of benzene rings is 1. The minimum atomic E-state index is -0.319. The van der Waals surface area contributed by atoms with Crippen LogP contribution in [0.5, 0.6) is 0 Å². The molecular weight excluding hydrogens is 290 g/mol. The Kier molecular flexibility index (Phi) is 5.42. The third-order valence-electron chi connectivity index (χ3n) is 3.91. The fourth-order valence-corrected chi connectivity index (χ4v) is 2.81. The first kappa shape index (κ1) is 17.5. The molecule has 2 amide bonds. The van der Waals surface area contributed by atoms with Crippen LogP contribution in [0.4, 0.5) is 5.69 Å². The highest BCUT2D eigenvalue weighted by Gasteiger charge is 2.25. The average Bonchev–Trinajstić information content (AvgIpc) is 2.46. The van der Waals surface area contributed by atoms with Crippen LogP contribution in [0.1, 0.15) is 44.0 Å². The summed E-state index contributed by atoms with van der Waals surface area (Å²) in [6.45, 7) is 7.61. The maximum Gasteiger partial charge on any atom is 0.253 e. The van der Waals surface area contributed by atoms with E-state index < -0.39 is 0 Å². The summed E-state index contributed by atoms with van der Waals surface area (Å²) in [6.07, 6.45) is 1.92. The van der Waals surface area contributed by atoms with Gasteiger partial charge < -0.3 is 15.5 Å². The molecule has 5 heteroatoms. The summed E-state index contributed by atoms with van der Waals surface area (Å²) in [5, 5.41) is 5.88. The molecule has 126 valence electrons. The quantitative estimate of drug-likeness (QED) is 0.900. The molecule has 0 unspecified atom stereocenters. The van der Waals surface area contributed by atoms with Crippen LogP contribution in [-0.4, -0.2) is 42.4 Å². The molecule has 0 aromatic heterocycles. The standard InChI is InChI=1S/C18H27N3O2/c1-18(2,3)20-17(23)14-9-5-6-10-15(14)19-16(22)13-8-7-11-21(4)12-13/h5-6,9-10,13H,7-8,11-12H2,1-4H3,(H,19,22)(H,20,23)/t13-/m0/s1. The fraction of sp³-hybridized carbons (Fsp3) is 0.556. The lowest BCUT2D eigenvalue weighted by atomic mass is 9.97. The molecule has 0 bridgehead atoms. The number of piperidine rings is 1. The van der Waals surface area contributed by atoms with E-state index in [9.17, 15) is 9.59 Å². The summed E-state index contributed by atoms with van der Waals surface area (Å²) < 4.78 is 0. The van der Waals surface area contributed by atoms with Crippen LogP contribution < -0.4 is 10.6 Å². The molecule has 1 aromatic rings. The van der Waals surface area contributed by atoms with E-state index in [2.05, 4.69) is 15.5 Å². The number of amides is 2. The molecule has 1 heterocycles. The number of hydrogen-bond donors (Lipinski definition) is 2. The lowest BCUT2D eigenvalue weighted by Crippen LogP contribution is -2.41. The normalized spacial score (nSPS) is 19.2. The third kappa shape index (κ3) is 5.06. The molecule has 1 aliphatic rings. The first-order valence-electron chi connectivity index (χ1n) is 8.17. The predicted molar refractivity (Wildman–Crippen MR) is 92.5 cm³/mol. The zero-order valence-electron chi connectivity index (χ0n) is 14.5. The van der Waals surface area contributed by atoms with Crippen LogP contribution in [0.3, 0.4) is 0 Å². The highest BCUT2D eigenvalue weighted by atomic mass is 16.2. The average molecular weight is 317 g/mol. The molecule has 1 atom stereocenters. The Labute approximate surface area is 138 Å². The molecule has 1 aromatic carbocycles. The molecule has 1 fully saturated rings. The summed E-state index contributed by atoms with van der Waals surface area (Å²) in [5.74, 6) is -0.200. The Hall–Kier alpha value is -1.88. The van der Waals surface area contributed by atoms with E-state index in [1.165, 1.54) is 0 Å². The van der Waals surface area contributed by atoms with Gasteiger partial charge in [-0.1, -0.05) is 12.1 Å². The second-order valence-electron chi connectivity index (χ2n) is 7.34. The van der Waals surface area contributed by atoms with E-state index >= 15 is 0 Å². The van der Waals surface area contributed by atoms with Gasteiger partial charge in [0, 0.05) is 12.1 Å². The lowest BCUT2D eigenvalue weighted by molar-refractivity contribution is -0.121. The number of para-hydroxylation sites is 1. The van der Waals surface area contributed by atoms with Crippen LogP contribution in [0, 0.1) is 5.92 Å². The molecule has 2 N–H and O–H groups in total. The fourth-order valence-electron chi connectivity index (χ4n) is 2.81. The van der Waals surface area contributed by atoms with Crippen LogP contribution in [0.15, 0.2) is 24.3 Å². The third-order valence-corrected chi connectivity index (χ3v) is 3.91. The van der Waals surface area contributed by atoms with Gasteiger partial charge in [-0.2, -0.15) is 0 Å². The second-order valence-corrected chi connectivity index (χ2v) is 7.34. The van der Waals surface area contributed by atoms with Gasteiger partial charge in [0.05, 0.1) is 17.2 Å². The number of anilines is 1. The number of carbonyl (C=O) groups is 2. The number of nitrogens with zero attached hydrogens (tertiary/aromatic N) is 1. The van der Waals surface area contributed by atoms with Crippen molar-refractivity contribution >= 4 is 17.5 Å². The zero-order valence-corrected chi connectivity index (χ0v) is 14.5. The van der Waals surface area contributed by atoms with Crippen LogP contribution in [-0.2, 0) is 4.79 Å². The highest BCUT2D eigenvalue weighted by Crippen LogP contribution is 2.20. The van der Waals surface area contributed by atoms with E-state index in [-0.39, 0.29) is 23.3 Å². The number of hydrogen-bond acceptors (Lipinski definition) is 3. The minimum Gasteiger partial charge on any atom is -0.347 e. The van der Waals surface area contributed by atoms with Crippen molar-refractivity contribution in [1.29, 1.82) is 0 Å². The molecule has 0 radical (unpaired) electrons. The Morgan fingerprint density at radius 1 is 1.22 bits per heavy atom. The van der Waals surface area contributed by atoms with E-state index in [0.717, 1.165) is 25.9 Å². The molecule has 1 saturated heterocycles. The Morgan fingerprint density at radius 3 is 2.57 bits per heavy atom. The van der Waals surface area contributed by atoms with Crippen molar-refractivity contribution in [2.45, 2.75) is 39.2 Å². The zero-order chi connectivity index (χ0) is 17.0. The second kappa shape index (κ2) is 7.13. The molecule has 0 spiro atoms. The molecule has 0 aliphatic carbocycles. The van der Waals surface area contributed by atoms with Gasteiger partial charge in [-0.3, -0.25) is 9.59 Å². The SMILES string of the molecule is CN1CCC[C@H](C(=O)Nc2ccccc2C(=O)NC(C)(C)C)C1. The van der Waals surface area contributed by atoms with Crippen molar-refractivity contribution in [3.63, 3.8) is 0 Å². The van der Waals surface area contributed by atoms with E-state index in [4.69, 9.17) is 0 Å². The summed E-state index contributed by atoms with van der Waals surface area (Å²) in [4.78, 5) is 27.1. The number of nitrogens with one attached hydrogen (secondary N) is 2. The van der Waals surface area contributed by atoms with Crippen molar-refractivity contribution in [3.8, 4) is 0 Å². The van der Waals surface area contributed by atoms with Crippen molar-refractivity contribution in [2.75, 3.05) is 25.5 Å². The summed E-state index contributed by atoms with van der Waals surface area (Å²) in [7, 11) is 2.03. The molecule has 1 aliphatic heterocycles. The van der Waals surface area contributed by atoms with E-state index in [1.54, 1.807) is 12.1 Å². The van der Waals surface area contributed by atoms with Crippen LogP contribution in [0.25, 0.3) is 0 Å². The van der Waals surface area contributed by atoms with Crippen LogP contribution in [0.2, 0.25) is 0 Å². The van der Waals surface area contributed by atoms with Gasteiger partial charge in [0.1, 0.15) is 0 Å². The smallest absolute Gasteiger partial charge is 0.253 e. The summed E-state index contributed by atoms with van der Waals surface area (Å²) in [6, 6.07) is 7.16. The maximum atomic E-state index is 12.5. The topological polar surface area (TPSA) is 61.4 Å². The monoisotopic (exact) mass is 317 g/mol. The van der Waals surface area contributed by atoms with Gasteiger partial charge in [-0.15, -0.1) is 0 Å². The maximum absolute atomic E-state index is 12.5. The van der Waals surface area contributed by atoms with Crippen molar-refractivity contribution in [2.24, 2.45) is 5.92 Å². The lowest BCUT2D eigenvalue weighted by Gasteiger charge is -2.29. The summed E-state index contributed by atoms with van der Waals surface area (Å²) >= 11 is 0. The Balaban J connectivity index is 2.11. The van der Waals surface area contributed by atoms with Gasteiger partial charge >= 0.3 is 0 Å². The van der Waals surface area contributed by atoms with Crippen molar-refractivity contribution in [3.05, 3.63) is 29.8 Å². The number of rotatable bonds is 3. The molecule has 5 nitrogen and oxygen atoms in total. The first-order valence-corrected chi connectivity index (χ1v) is 8.17. The number of likely N-dealkylation sites (tertiary alicyclic amines) is 1. The molecule has 0 saturated carbocycles. The van der Waals surface area contributed by atoms with Crippen molar-refractivity contribution < 1.29 is 9.59 Å². The number of carbonyl (C=O) groups excluding carboxylic acids is 2. The van der Waals surface area contributed by atoms with Gasteiger partial charge in [-0.25, -0.2) is 0 Å². The Bertz CT molecular complexity index is 578. The highest BCUT2D eigenvalue weighted by molar-refractivity contribution is 6.04. The molecular formula is C18H27N3O2. The Morgan fingerprint density at radius 2 is 1.91 bits per heavy atom. The largest absolute Gasteiger partial charge is 0.347 e.